The molecule has 15 atom stereocenters. The molecule has 27 heteroatoms. The second kappa shape index (κ2) is 40.7. The number of aliphatic hydroxyl groups is 2. The van der Waals surface area contributed by atoms with Gasteiger partial charge in [0, 0.05) is 41.8 Å². The van der Waals surface area contributed by atoms with Crippen molar-refractivity contribution in [2.45, 2.75) is 275 Å². The van der Waals surface area contributed by atoms with Gasteiger partial charge in [0.05, 0.1) is 12.2 Å². The molecule has 0 saturated heterocycles. The third-order valence-electron chi connectivity index (χ3n) is 17.2. The molecule has 0 bridgehead atoms. The summed E-state index contributed by atoms with van der Waals surface area (Å²) in [6.45, 7) is 37.6. The van der Waals surface area contributed by atoms with Crippen LogP contribution in [0.5, 0.6) is 0 Å². The van der Waals surface area contributed by atoms with Crippen LogP contribution in [0, 0.1) is 41.4 Å². The number of ether oxygens (including phenoxy) is 1. The Bertz CT molecular complexity index is 2630. The number of carboxylic acid groups (broad SMARTS) is 1. The van der Waals surface area contributed by atoms with E-state index in [1.54, 1.807) is 74.5 Å². The first kappa shape index (κ1) is 89.1. The number of allylic oxidation sites excluding steroid dienone is 2. The molecule has 0 aliphatic heterocycles. The number of likely N-dealkylation sites (N-methyl/N-ethyl adjacent to an activating group) is 6. The number of rotatable bonds is 39. The van der Waals surface area contributed by atoms with Gasteiger partial charge in [-0.05, 0) is 136 Å². The summed E-state index contributed by atoms with van der Waals surface area (Å²) in [5.41, 5.74) is -0.828. The van der Waals surface area contributed by atoms with Gasteiger partial charge in [-0.1, -0.05) is 109 Å². The second-order valence-electron chi connectivity index (χ2n) is 29.1. The fourth-order valence-corrected chi connectivity index (χ4v) is 11.3. The predicted molar refractivity (Wildman–Crippen MR) is 368 cm³/mol. The van der Waals surface area contributed by atoms with E-state index in [4.69, 9.17) is 4.74 Å². The number of carboxylic acids is 1. The molecule has 0 aliphatic rings. The van der Waals surface area contributed by atoms with Gasteiger partial charge in [-0.2, -0.15) is 0 Å². The molecule has 27 nitrogen and oxygen atoms in total. The molecule has 0 heterocycles. The van der Waals surface area contributed by atoms with Crippen molar-refractivity contribution in [2.75, 3.05) is 41.8 Å². The lowest BCUT2D eigenvalue weighted by molar-refractivity contribution is -0.155. The summed E-state index contributed by atoms with van der Waals surface area (Å²) in [6, 6.07) is -14.2. The van der Waals surface area contributed by atoms with Gasteiger partial charge >= 0.3 is 12.1 Å². The van der Waals surface area contributed by atoms with Crippen molar-refractivity contribution in [1.29, 1.82) is 0 Å². The zero-order chi connectivity index (χ0) is 75.0. The molecule has 0 aliphatic carbocycles. The van der Waals surface area contributed by atoms with Crippen molar-refractivity contribution in [3.05, 3.63) is 12.2 Å². The molecule has 0 spiro atoms. The van der Waals surface area contributed by atoms with Gasteiger partial charge in [0.25, 0.3) is 0 Å². The van der Waals surface area contributed by atoms with Crippen LogP contribution in [-0.2, 0) is 57.5 Å². The van der Waals surface area contributed by atoms with E-state index in [1.165, 1.54) is 68.7 Å². The first-order valence-corrected chi connectivity index (χ1v) is 34.1. The summed E-state index contributed by atoms with van der Waals surface area (Å²) < 4.78 is 5.50. The third kappa shape index (κ3) is 27.2. The summed E-state index contributed by atoms with van der Waals surface area (Å²) >= 11 is 0. The van der Waals surface area contributed by atoms with Crippen LogP contribution in [0.3, 0.4) is 0 Å². The van der Waals surface area contributed by atoms with Crippen molar-refractivity contribution in [3.8, 4) is 0 Å². The Labute approximate surface area is 573 Å². The van der Waals surface area contributed by atoms with Crippen molar-refractivity contribution in [3.63, 3.8) is 0 Å². The van der Waals surface area contributed by atoms with Crippen molar-refractivity contribution in [2.24, 2.45) is 41.4 Å². The molecular weight excluding hydrogens is 1240 g/mol. The van der Waals surface area contributed by atoms with Crippen molar-refractivity contribution in [1.82, 2.24) is 56.0 Å². The Morgan fingerprint density at radius 2 is 0.885 bits per heavy atom. The smallest absolute Gasteiger partial charge is 0.410 e. The Morgan fingerprint density at radius 1 is 0.469 bits per heavy atom. The summed E-state index contributed by atoms with van der Waals surface area (Å²) in [5, 5.41) is 45.0. The number of carbonyl (C=O) groups excluding carboxylic acids is 11. The zero-order valence-electron chi connectivity index (χ0n) is 63.0. The average Bonchev–Trinajstić information content (AvgIpc) is 0.817. The molecule has 552 valence electrons. The molecule has 8 N–H and O–H groups in total. The SMILES string of the molecule is CC=CC[C@@H](C)[C@@H](O)[C@@H](C(=O)N[C@H](C(=O)O)[C@@H](C)O)N(C)C(=O)[C@H](C(C)C)N(C)C(=O)[C@H](CC(C)C)NC(=O)[C@H](CC(C)C)N(C)C(=O)[C@@H](C)NC(=O)[C@H](C)NC(=O)[C@H](CC(C)C)N(C)C(=O)[C@H](CC(C)C)NC(=O)[C@H](C(C)CC)N(CC)C(=O)[C@@H](C)N(C)C(=O)OC(C)(C)C. The van der Waals surface area contributed by atoms with Crippen molar-refractivity contribution >= 4 is 71.1 Å². The highest BCUT2D eigenvalue weighted by Crippen LogP contribution is 2.25. The zero-order valence-corrected chi connectivity index (χ0v) is 63.0. The van der Waals surface area contributed by atoms with Crippen LogP contribution in [0.15, 0.2) is 12.2 Å². The van der Waals surface area contributed by atoms with Gasteiger partial charge in [-0.25, -0.2) is 9.59 Å². The molecule has 0 aromatic rings. The molecule has 96 heavy (non-hydrogen) atoms. The van der Waals surface area contributed by atoms with Crippen LogP contribution in [0.4, 0.5) is 4.79 Å². The van der Waals surface area contributed by atoms with E-state index in [-0.39, 0.29) is 62.3 Å². The van der Waals surface area contributed by atoms with Gasteiger partial charge in [0.1, 0.15) is 66.0 Å². The fraction of sp³-hybridized carbons (Fsp3) is 0.797. The van der Waals surface area contributed by atoms with E-state index in [2.05, 4.69) is 26.6 Å². The molecule has 0 aromatic carbocycles. The lowest BCUT2D eigenvalue weighted by atomic mass is 9.91. The van der Waals surface area contributed by atoms with E-state index < -0.39 is 173 Å². The first-order chi connectivity index (χ1) is 44.1. The van der Waals surface area contributed by atoms with E-state index in [0.717, 1.165) is 16.7 Å². The first-order valence-electron chi connectivity index (χ1n) is 34.1. The monoisotopic (exact) mass is 1360 g/mol. The van der Waals surface area contributed by atoms with Crippen molar-refractivity contribution < 1.29 is 77.6 Å². The van der Waals surface area contributed by atoms with Gasteiger partial charge in [-0.15, -0.1) is 0 Å². The lowest BCUT2D eigenvalue weighted by Crippen LogP contribution is -2.63. The minimum Gasteiger partial charge on any atom is -0.480 e. The number of aliphatic carboxylic acids is 1. The molecular formula is C69H125N11O16. The third-order valence-corrected chi connectivity index (χ3v) is 17.2. The van der Waals surface area contributed by atoms with Crippen LogP contribution in [0.25, 0.3) is 0 Å². The maximum atomic E-state index is 14.8. The van der Waals surface area contributed by atoms with Crippen LogP contribution in [0.1, 0.15) is 191 Å². The average molecular weight is 1360 g/mol. The van der Waals surface area contributed by atoms with Crippen LogP contribution < -0.4 is 26.6 Å². The molecule has 0 radical (unpaired) electrons. The van der Waals surface area contributed by atoms with Gasteiger partial charge in [-0.3, -0.25) is 52.8 Å². The van der Waals surface area contributed by atoms with E-state index in [9.17, 15) is 72.9 Å². The lowest BCUT2D eigenvalue weighted by Gasteiger charge is -2.40. The van der Waals surface area contributed by atoms with Gasteiger partial charge < -0.3 is 71.1 Å². The van der Waals surface area contributed by atoms with Gasteiger partial charge in [0.2, 0.25) is 59.1 Å². The topological polar surface area (TPSA) is 354 Å². The summed E-state index contributed by atoms with van der Waals surface area (Å²) in [4.78, 5) is 177. The fourth-order valence-electron chi connectivity index (χ4n) is 11.3. The summed E-state index contributed by atoms with van der Waals surface area (Å²) in [7, 11) is 6.88. The second-order valence-corrected chi connectivity index (χ2v) is 29.1. The minimum atomic E-state index is -1.79. The molecule has 1 unspecified atom stereocenters. The van der Waals surface area contributed by atoms with E-state index in [0.29, 0.717) is 6.42 Å². The number of carbonyl (C=O) groups is 12. The molecule has 11 amide bonds. The number of amides is 11. The number of nitrogens with one attached hydrogen (secondary N) is 5. The standard InChI is InChI=1S/C69H125N11O16/c1-28-31-32-43(15)56(82)55(61(87)74-52(47(19)81)67(93)94)79(27)66(92)53(41(12)13)78(26)65(91)49(34-38(6)7)72-59(85)51(36-40(10)11)76(24)62(88)45(17)71-57(83)44(16)70-58(84)50(35-39(8)9)77(25)64(90)48(33-37(4)5)73-60(86)54(42(14)29-2)80(30-3)63(89)46(18)75(23)68(95)96-69(20,21)22/h28,31,37-56,81-82H,29-30,32-36H2,1-27H3,(H,70,84)(H,71,83)(H,72,85)(H,73,86)(H,74,87)(H,93,94)/t42?,43-,44+,45-,46-,47-,48+,49+,50+,51+,52+,53+,54+,55+,56-/m1/s1. The van der Waals surface area contributed by atoms with Crippen LogP contribution in [0.2, 0.25) is 0 Å². The minimum absolute atomic E-state index is 0.0731. The molecule has 0 saturated carbocycles. The normalized spacial score (nSPS) is 16.6. The molecule has 0 fully saturated rings. The van der Waals surface area contributed by atoms with E-state index >= 15 is 0 Å². The summed E-state index contributed by atoms with van der Waals surface area (Å²) in [5.74, 6) is -11.1. The largest absolute Gasteiger partial charge is 0.480 e. The maximum Gasteiger partial charge on any atom is 0.410 e. The van der Waals surface area contributed by atoms with Gasteiger partial charge in [0.15, 0.2) is 6.04 Å². The quantitative estimate of drug-likeness (QED) is 0.0392. The number of hydrogen-bond acceptors (Lipinski definition) is 15. The van der Waals surface area contributed by atoms with Crippen LogP contribution in [-0.4, -0.2) is 242 Å². The molecule has 0 rings (SSSR count). The van der Waals surface area contributed by atoms with E-state index in [1.807, 2.05) is 69.2 Å². The number of hydrogen-bond donors (Lipinski definition) is 8. The highest BCUT2D eigenvalue weighted by atomic mass is 16.6. The van der Waals surface area contributed by atoms with Crippen LogP contribution >= 0.6 is 0 Å². The highest BCUT2D eigenvalue weighted by Gasteiger charge is 2.45. The number of aliphatic hydroxyl groups excluding tert-OH is 2. The Morgan fingerprint density at radius 3 is 1.29 bits per heavy atom. The predicted octanol–water partition coefficient (Wildman–Crippen LogP) is 4.55. The Hall–Kier alpha value is -6.90. The Kier molecular flexibility index (Phi) is 37.8. The summed E-state index contributed by atoms with van der Waals surface area (Å²) in [6.07, 6.45) is 0.893. The molecule has 0 aromatic heterocycles. The maximum absolute atomic E-state index is 14.8. The number of nitrogens with zero attached hydrogens (tertiary/aromatic N) is 6. The highest BCUT2D eigenvalue weighted by molar-refractivity contribution is 5.99. The Balaban J connectivity index is 6.96.